The van der Waals surface area contributed by atoms with Crippen LogP contribution in [0.15, 0.2) is 103 Å². The number of unbranched alkanes of at least 4 members (excludes halogenated alkanes) is 3. The third kappa shape index (κ3) is 9.58. The zero-order chi connectivity index (χ0) is 29.0. The summed E-state index contributed by atoms with van der Waals surface area (Å²) in [6.07, 6.45) is 3.59. The van der Waals surface area contributed by atoms with Crippen LogP contribution >= 0.6 is 15.2 Å². The highest BCUT2D eigenvalue weighted by Crippen LogP contribution is 2.44. The number of hydrogen-bond donors (Lipinski definition) is 2. The van der Waals surface area contributed by atoms with Gasteiger partial charge in [-0.05, 0) is 53.6 Å². The van der Waals surface area contributed by atoms with Gasteiger partial charge in [0.25, 0.3) is 0 Å². The molecule has 0 spiro atoms. The van der Waals surface area contributed by atoms with Crippen molar-refractivity contribution in [1.29, 1.82) is 0 Å². The second kappa shape index (κ2) is 14.7. The van der Waals surface area contributed by atoms with Gasteiger partial charge in [-0.2, -0.15) is 0 Å². The average Bonchev–Trinajstić information content (AvgIpc) is 2.96. The van der Waals surface area contributed by atoms with Crippen molar-refractivity contribution in [2.45, 2.75) is 32.6 Å². The summed E-state index contributed by atoms with van der Waals surface area (Å²) in [6.45, 7) is 2.06. The van der Waals surface area contributed by atoms with Crippen LogP contribution in [0.5, 0.6) is 0 Å². The molecule has 4 aromatic rings. The molecule has 8 nitrogen and oxygen atoms in total. The Morgan fingerprint density at radius 2 is 1.18 bits per heavy atom. The van der Waals surface area contributed by atoms with Crippen LogP contribution in [-0.2, 0) is 18.2 Å². The summed E-state index contributed by atoms with van der Waals surface area (Å²) >= 11 is 0. The molecule has 0 bridgehead atoms. The molecular formula is C30H32O8P2. The molecule has 2 N–H and O–H groups in total. The van der Waals surface area contributed by atoms with Gasteiger partial charge in [0, 0.05) is 0 Å². The summed E-state index contributed by atoms with van der Waals surface area (Å²) < 4.78 is 33.5. The van der Waals surface area contributed by atoms with Crippen LogP contribution in [0.25, 0.3) is 10.8 Å². The molecule has 0 saturated carbocycles. The number of rotatable bonds is 10. The van der Waals surface area contributed by atoms with E-state index in [1.165, 1.54) is 18.2 Å². The summed E-state index contributed by atoms with van der Waals surface area (Å²) in [6, 6.07) is 28.6. The minimum absolute atomic E-state index is 0.0333. The maximum absolute atomic E-state index is 12.4. The second-order valence-electron chi connectivity index (χ2n) is 8.96. The van der Waals surface area contributed by atoms with Crippen LogP contribution in [-0.4, -0.2) is 27.9 Å². The SMILES string of the molecule is CCCCCCP(=O)(O)OC(=O)c1ccccc1.O=C(OP(=O)(O)c1ccc2ccccc2c1)c1ccccc1. The molecule has 0 aliphatic heterocycles. The number of hydrogen-bond acceptors (Lipinski definition) is 6. The lowest BCUT2D eigenvalue weighted by Gasteiger charge is -2.13. The summed E-state index contributed by atoms with van der Waals surface area (Å²) in [5.74, 6) is -1.56. The highest BCUT2D eigenvalue weighted by atomic mass is 31.2. The maximum Gasteiger partial charge on any atom is 0.410 e. The third-order valence-electron chi connectivity index (χ3n) is 5.80. The summed E-state index contributed by atoms with van der Waals surface area (Å²) in [5, 5.41) is 1.85. The first kappa shape index (κ1) is 31.0. The van der Waals surface area contributed by atoms with Crippen molar-refractivity contribution in [3.63, 3.8) is 0 Å². The zero-order valence-corrected chi connectivity index (χ0v) is 23.9. The summed E-state index contributed by atoms with van der Waals surface area (Å²) in [7, 11) is -8.02. The minimum atomic E-state index is -4.22. The van der Waals surface area contributed by atoms with E-state index in [2.05, 4.69) is 11.4 Å². The highest BCUT2D eigenvalue weighted by molar-refractivity contribution is 7.61. The van der Waals surface area contributed by atoms with Crippen LogP contribution in [0.3, 0.4) is 0 Å². The number of carbonyl (C=O) groups excluding carboxylic acids is 2. The van der Waals surface area contributed by atoms with Crippen molar-refractivity contribution >= 4 is 43.2 Å². The van der Waals surface area contributed by atoms with Crippen molar-refractivity contribution in [1.82, 2.24) is 0 Å². The summed E-state index contributed by atoms with van der Waals surface area (Å²) in [5.41, 5.74) is 0.526. The first-order valence-electron chi connectivity index (χ1n) is 12.8. The van der Waals surface area contributed by atoms with Gasteiger partial charge in [-0.15, -0.1) is 0 Å². The van der Waals surface area contributed by atoms with Crippen LogP contribution < -0.4 is 5.30 Å². The monoisotopic (exact) mass is 582 g/mol. The van der Waals surface area contributed by atoms with Crippen molar-refractivity contribution < 1.29 is 37.6 Å². The van der Waals surface area contributed by atoms with Crippen LogP contribution in [0, 0.1) is 0 Å². The Kier molecular flexibility index (Phi) is 11.4. The van der Waals surface area contributed by atoms with Crippen LogP contribution in [0.4, 0.5) is 0 Å². The van der Waals surface area contributed by atoms with E-state index in [-0.39, 0.29) is 17.0 Å². The Morgan fingerprint density at radius 1 is 0.650 bits per heavy atom. The number of fused-ring (bicyclic) bond motifs is 1. The molecule has 0 aromatic heterocycles. The van der Waals surface area contributed by atoms with E-state index < -0.39 is 27.1 Å². The van der Waals surface area contributed by atoms with E-state index in [0.29, 0.717) is 12.0 Å². The molecule has 0 fully saturated rings. The lowest BCUT2D eigenvalue weighted by molar-refractivity contribution is 0.0707. The molecule has 0 amide bonds. The zero-order valence-electron chi connectivity index (χ0n) is 22.1. The Balaban J connectivity index is 0.000000226. The predicted molar refractivity (Wildman–Crippen MR) is 156 cm³/mol. The fraction of sp³-hybridized carbons (Fsp3) is 0.200. The van der Waals surface area contributed by atoms with E-state index in [1.54, 1.807) is 60.7 Å². The average molecular weight is 583 g/mol. The first-order chi connectivity index (χ1) is 19.1. The largest absolute Gasteiger partial charge is 0.410 e. The Hall–Kier alpha value is -3.54. The molecule has 0 heterocycles. The first-order valence-corrected chi connectivity index (χ1v) is 16.2. The van der Waals surface area contributed by atoms with Crippen molar-refractivity contribution in [3.8, 4) is 0 Å². The fourth-order valence-corrected chi connectivity index (χ4v) is 5.76. The molecule has 0 radical (unpaired) electrons. The maximum atomic E-state index is 12.4. The van der Waals surface area contributed by atoms with Gasteiger partial charge in [0.05, 0.1) is 22.6 Å². The molecule has 40 heavy (non-hydrogen) atoms. The minimum Gasteiger partial charge on any atom is -0.388 e. The van der Waals surface area contributed by atoms with Gasteiger partial charge in [0.15, 0.2) is 0 Å². The smallest absolute Gasteiger partial charge is 0.388 e. The van der Waals surface area contributed by atoms with Gasteiger partial charge in [0.1, 0.15) is 0 Å². The van der Waals surface area contributed by atoms with Gasteiger partial charge < -0.3 is 18.8 Å². The van der Waals surface area contributed by atoms with Crippen LogP contribution in [0.1, 0.15) is 53.3 Å². The van der Waals surface area contributed by atoms with Gasteiger partial charge in [-0.3, -0.25) is 0 Å². The van der Waals surface area contributed by atoms with Crippen molar-refractivity contribution in [2.75, 3.05) is 6.16 Å². The van der Waals surface area contributed by atoms with E-state index in [9.17, 15) is 28.5 Å². The van der Waals surface area contributed by atoms with E-state index in [0.717, 1.165) is 30.0 Å². The van der Waals surface area contributed by atoms with E-state index >= 15 is 0 Å². The van der Waals surface area contributed by atoms with Gasteiger partial charge >= 0.3 is 27.1 Å². The van der Waals surface area contributed by atoms with E-state index in [1.807, 2.05) is 24.3 Å². The Morgan fingerprint density at radius 3 is 1.75 bits per heavy atom. The molecule has 10 heteroatoms. The molecule has 2 atom stereocenters. The predicted octanol–water partition coefficient (Wildman–Crippen LogP) is 7.12. The van der Waals surface area contributed by atoms with Gasteiger partial charge in [-0.25, -0.2) is 18.7 Å². The molecule has 0 saturated heterocycles. The molecule has 2 unspecified atom stereocenters. The van der Waals surface area contributed by atoms with Crippen molar-refractivity contribution in [2.24, 2.45) is 0 Å². The molecular weight excluding hydrogens is 550 g/mol. The van der Waals surface area contributed by atoms with Crippen molar-refractivity contribution in [3.05, 3.63) is 114 Å². The Labute approximate surface area is 233 Å². The molecule has 4 rings (SSSR count). The molecule has 0 aliphatic rings. The number of carbonyl (C=O) groups is 2. The standard InChI is InChI=1S/C17H13O4P.C13H19O4P/c18-17(14-7-2-1-3-8-14)21-22(19,20)16-11-10-13-6-4-5-9-15(13)12-16;1-2-3-4-8-11-18(15,16)17-13(14)12-9-6-5-7-10-12/h1-12H,(H,19,20);5-7,9-10H,2-4,8,11H2,1H3,(H,15,16). The van der Waals surface area contributed by atoms with Gasteiger partial charge in [0.2, 0.25) is 0 Å². The van der Waals surface area contributed by atoms with E-state index in [4.69, 9.17) is 4.52 Å². The van der Waals surface area contributed by atoms with Crippen LogP contribution in [0.2, 0.25) is 0 Å². The normalized spacial score (nSPS) is 13.7. The lowest BCUT2D eigenvalue weighted by Crippen LogP contribution is -2.11. The topological polar surface area (TPSA) is 127 Å². The number of benzene rings is 4. The molecule has 0 aliphatic carbocycles. The Bertz CT molecular complexity index is 1510. The fourth-order valence-electron chi connectivity index (χ4n) is 3.69. The molecule has 210 valence electrons. The molecule has 4 aromatic carbocycles. The lowest BCUT2D eigenvalue weighted by atomic mass is 10.1. The second-order valence-corrected chi connectivity index (χ2v) is 12.6. The third-order valence-corrected chi connectivity index (χ3v) is 8.48. The quantitative estimate of drug-likeness (QED) is 0.150. The summed E-state index contributed by atoms with van der Waals surface area (Å²) in [4.78, 5) is 43.2. The highest BCUT2D eigenvalue weighted by Gasteiger charge is 2.28. The van der Waals surface area contributed by atoms with Gasteiger partial charge in [-0.1, -0.05) is 92.9 Å².